The van der Waals surface area contributed by atoms with Crippen LogP contribution in [-0.2, 0) is 0 Å². The van der Waals surface area contributed by atoms with Crippen LogP contribution in [0.15, 0.2) is 42.5 Å². The van der Waals surface area contributed by atoms with Crippen molar-refractivity contribution in [1.82, 2.24) is 5.32 Å². The standard InChI is InChI=1S/C19H22N2/c1-13-5-7-14(8-6-13)15-3-2-4-18-19(15)16-9-11-20-12-10-17(16)21-18/h2-8,16-17,20-21H,9-12H2,1H3/t16-,17-/m0/s1. The van der Waals surface area contributed by atoms with E-state index in [1.165, 1.54) is 40.8 Å². The topological polar surface area (TPSA) is 24.1 Å². The molecule has 108 valence electrons. The molecule has 0 spiro atoms. The maximum atomic E-state index is 3.76. The number of hydrogen-bond donors (Lipinski definition) is 2. The second-order valence-corrected chi connectivity index (χ2v) is 6.32. The fourth-order valence-corrected chi connectivity index (χ4v) is 3.84. The first-order chi connectivity index (χ1) is 10.3. The first kappa shape index (κ1) is 12.9. The van der Waals surface area contributed by atoms with Crippen molar-refractivity contribution in [1.29, 1.82) is 0 Å². The van der Waals surface area contributed by atoms with Crippen LogP contribution < -0.4 is 10.6 Å². The minimum atomic E-state index is 0.599. The van der Waals surface area contributed by atoms with Gasteiger partial charge in [-0.2, -0.15) is 0 Å². The zero-order valence-corrected chi connectivity index (χ0v) is 12.5. The second kappa shape index (κ2) is 5.19. The van der Waals surface area contributed by atoms with Crippen molar-refractivity contribution in [3.8, 4) is 11.1 Å². The number of benzene rings is 2. The van der Waals surface area contributed by atoms with Gasteiger partial charge in [0.05, 0.1) is 0 Å². The highest BCUT2D eigenvalue weighted by molar-refractivity contribution is 5.77. The molecule has 1 saturated heterocycles. The first-order valence-corrected chi connectivity index (χ1v) is 8.00. The van der Waals surface area contributed by atoms with Gasteiger partial charge in [0.1, 0.15) is 0 Å². The van der Waals surface area contributed by atoms with Crippen molar-refractivity contribution < 1.29 is 0 Å². The fourth-order valence-electron chi connectivity index (χ4n) is 3.84. The van der Waals surface area contributed by atoms with E-state index in [4.69, 9.17) is 0 Å². The van der Waals surface area contributed by atoms with Crippen LogP contribution in [0.5, 0.6) is 0 Å². The van der Waals surface area contributed by atoms with Gasteiger partial charge in [0.2, 0.25) is 0 Å². The van der Waals surface area contributed by atoms with Gasteiger partial charge in [0.25, 0.3) is 0 Å². The summed E-state index contributed by atoms with van der Waals surface area (Å²) in [6.45, 7) is 4.40. The van der Waals surface area contributed by atoms with Crippen LogP contribution in [-0.4, -0.2) is 19.1 Å². The maximum absolute atomic E-state index is 3.76. The van der Waals surface area contributed by atoms with E-state index in [1.54, 1.807) is 0 Å². The summed E-state index contributed by atoms with van der Waals surface area (Å²) in [5.41, 5.74) is 6.97. The van der Waals surface area contributed by atoms with Gasteiger partial charge in [-0.05, 0) is 55.6 Å². The zero-order chi connectivity index (χ0) is 14.2. The number of anilines is 1. The molecule has 0 aromatic heterocycles. The molecule has 2 atom stereocenters. The molecular formula is C19H22N2. The smallest absolute Gasteiger partial charge is 0.0384 e. The van der Waals surface area contributed by atoms with Crippen molar-refractivity contribution in [3.63, 3.8) is 0 Å². The zero-order valence-electron chi connectivity index (χ0n) is 12.5. The molecule has 2 N–H and O–H groups in total. The lowest BCUT2D eigenvalue weighted by molar-refractivity contribution is 0.579. The SMILES string of the molecule is Cc1ccc(-c2cccc3c2[C@H]2CCNCC[C@@H]2N3)cc1. The summed E-state index contributed by atoms with van der Waals surface area (Å²) in [6, 6.07) is 16.2. The molecule has 0 saturated carbocycles. The monoisotopic (exact) mass is 278 g/mol. The molecule has 0 radical (unpaired) electrons. The van der Waals surface area contributed by atoms with Gasteiger partial charge in [0, 0.05) is 17.6 Å². The van der Waals surface area contributed by atoms with Crippen LogP contribution in [0.25, 0.3) is 11.1 Å². The van der Waals surface area contributed by atoms with Crippen LogP contribution in [0.3, 0.4) is 0 Å². The van der Waals surface area contributed by atoms with Gasteiger partial charge in [-0.1, -0.05) is 42.0 Å². The highest BCUT2D eigenvalue weighted by atomic mass is 15.0. The van der Waals surface area contributed by atoms with E-state index in [2.05, 4.69) is 60.0 Å². The van der Waals surface area contributed by atoms with E-state index < -0.39 is 0 Å². The summed E-state index contributed by atoms with van der Waals surface area (Å²) in [5, 5.41) is 7.29. The molecule has 2 nitrogen and oxygen atoms in total. The Morgan fingerprint density at radius 2 is 1.76 bits per heavy atom. The Labute approximate surface area is 126 Å². The van der Waals surface area contributed by atoms with Crippen molar-refractivity contribution >= 4 is 5.69 Å². The van der Waals surface area contributed by atoms with Crippen LogP contribution in [0.2, 0.25) is 0 Å². The first-order valence-electron chi connectivity index (χ1n) is 8.00. The minimum absolute atomic E-state index is 0.599. The van der Waals surface area contributed by atoms with Crippen LogP contribution in [0, 0.1) is 6.92 Å². The van der Waals surface area contributed by atoms with Gasteiger partial charge < -0.3 is 10.6 Å². The number of rotatable bonds is 1. The summed E-state index contributed by atoms with van der Waals surface area (Å²) >= 11 is 0. The summed E-state index contributed by atoms with van der Waals surface area (Å²) in [4.78, 5) is 0. The quantitative estimate of drug-likeness (QED) is 0.826. The Bertz CT molecular complexity index is 645. The average molecular weight is 278 g/mol. The van der Waals surface area contributed by atoms with E-state index in [0.717, 1.165) is 13.1 Å². The van der Waals surface area contributed by atoms with E-state index in [-0.39, 0.29) is 0 Å². The van der Waals surface area contributed by atoms with Crippen LogP contribution in [0.4, 0.5) is 5.69 Å². The van der Waals surface area contributed by atoms with Crippen molar-refractivity contribution in [2.24, 2.45) is 0 Å². The van der Waals surface area contributed by atoms with Gasteiger partial charge in [-0.3, -0.25) is 0 Å². The van der Waals surface area contributed by atoms with Gasteiger partial charge in [-0.15, -0.1) is 0 Å². The average Bonchev–Trinajstić information content (AvgIpc) is 2.70. The predicted molar refractivity (Wildman–Crippen MR) is 88.9 cm³/mol. The van der Waals surface area contributed by atoms with Crippen molar-refractivity contribution in [2.75, 3.05) is 18.4 Å². The largest absolute Gasteiger partial charge is 0.381 e. The lowest BCUT2D eigenvalue weighted by atomic mass is 9.86. The third kappa shape index (κ3) is 2.24. The van der Waals surface area contributed by atoms with Crippen LogP contribution >= 0.6 is 0 Å². The Morgan fingerprint density at radius 1 is 0.952 bits per heavy atom. The summed E-state index contributed by atoms with van der Waals surface area (Å²) in [6.07, 6.45) is 2.44. The molecule has 0 unspecified atom stereocenters. The second-order valence-electron chi connectivity index (χ2n) is 6.32. The predicted octanol–water partition coefficient (Wildman–Crippen LogP) is 3.92. The van der Waals surface area contributed by atoms with Crippen molar-refractivity contribution in [3.05, 3.63) is 53.6 Å². The molecule has 0 amide bonds. The molecule has 2 aliphatic heterocycles. The summed E-state index contributed by atoms with van der Waals surface area (Å²) in [7, 11) is 0. The maximum Gasteiger partial charge on any atom is 0.0384 e. The highest BCUT2D eigenvalue weighted by Crippen LogP contribution is 2.45. The Balaban J connectivity index is 1.81. The number of fused-ring (bicyclic) bond motifs is 3. The minimum Gasteiger partial charge on any atom is -0.381 e. The molecule has 0 aliphatic carbocycles. The molecular weight excluding hydrogens is 256 g/mol. The number of nitrogens with one attached hydrogen (secondary N) is 2. The molecule has 2 heteroatoms. The molecule has 1 fully saturated rings. The van der Waals surface area contributed by atoms with Gasteiger partial charge >= 0.3 is 0 Å². The van der Waals surface area contributed by atoms with E-state index in [0.29, 0.717) is 12.0 Å². The summed E-state index contributed by atoms with van der Waals surface area (Å²) < 4.78 is 0. The van der Waals surface area contributed by atoms with Gasteiger partial charge in [-0.25, -0.2) is 0 Å². The Hall–Kier alpha value is -1.80. The van der Waals surface area contributed by atoms with E-state index in [1.807, 2.05) is 0 Å². The Morgan fingerprint density at radius 3 is 2.62 bits per heavy atom. The molecule has 2 aromatic carbocycles. The molecule has 2 heterocycles. The third-order valence-corrected chi connectivity index (χ3v) is 4.93. The molecule has 0 bridgehead atoms. The molecule has 21 heavy (non-hydrogen) atoms. The summed E-state index contributed by atoms with van der Waals surface area (Å²) in [5.74, 6) is 0.646. The lowest BCUT2D eigenvalue weighted by Crippen LogP contribution is -2.21. The normalized spacial score (nSPS) is 23.9. The number of aryl methyl sites for hydroxylation is 1. The lowest BCUT2D eigenvalue weighted by Gasteiger charge is -2.18. The fraction of sp³-hybridized carbons (Fsp3) is 0.368. The third-order valence-electron chi connectivity index (χ3n) is 4.93. The van der Waals surface area contributed by atoms with Crippen LogP contribution in [0.1, 0.15) is 29.9 Å². The highest BCUT2D eigenvalue weighted by Gasteiger charge is 2.34. The molecule has 4 rings (SSSR count). The molecule has 2 aromatic rings. The van der Waals surface area contributed by atoms with E-state index in [9.17, 15) is 0 Å². The number of hydrogen-bond acceptors (Lipinski definition) is 2. The van der Waals surface area contributed by atoms with Gasteiger partial charge in [0.15, 0.2) is 0 Å². The van der Waals surface area contributed by atoms with Crippen molar-refractivity contribution in [2.45, 2.75) is 31.7 Å². The van der Waals surface area contributed by atoms with E-state index >= 15 is 0 Å². The molecule has 2 aliphatic rings. The Kier molecular flexibility index (Phi) is 3.19.